The van der Waals surface area contributed by atoms with E-state index in [4.69, 9.17) is 0 Å². The van der Waals surface area contributed by atoms with Crippen molar-refractivity contribution in [2.24, 2.45) is 0 Å². The van der Waals surface area contributed by atoms with Gasteiger partial charge < -0.3 is 9.88 Å². The Morgan fingerprint density at radius 3 is 2.67 bits per heavy atom. The van der Waals surface area contributed by atoms with Gasteiger partial charge in [0.05, 0.1) is 11.3 Å². The van der Waals surface area contributed by atoms with Gasteiger partial charge in [0.2, 0.25) is 5.91 Å². The van der Waals surface area contributed by atoms with Crippen LogP contribution in [0.3, 0.4) is 0 Å². The number of carbonyl (C=O) groups excluding carboxylic acids is 1. The van der Waals surface area contributed by atoms with Crippen LogP contribution in [0.2, 0.25) is 0 Å². The Labute approximate surface area is 145 Å². The maximum Gasteiger partial charge on any atom is 0.233 e. The van der Waals surface area contributed by atoms with Crippen LogP contribution in [-0.4, -0.2) is 25.9 Å². The summed E-state index contributed by atoms with van der Waals surface area (Å²) >= 11 is 1.35. The third-order valence-corrected chi connectivity index (χ3v) is 4.67. The highest BCUT2D eigenvalue weighted by Crippen LogP contribution is 2.23. The van der Waals surface area contributed by atoms with Gasteiger partial charge >= 0.3 is 0 Å². The van der Waals surface area contributed by atoms with Gasteiger partial charge in [0.15, 0.2) is 5.16 Å². The summed E-state index contributed by atoms with van der Waals surface area (Å²) in [5.74, 6) is 0.380. The van der Waals surface area contributed by atoms with Crippen molar-refractivity contribution in [3.63, 3.8) is 0 Å². The van der Waals surface area contributed by atoms with Crippen LogP contribution in [0.4, 0.5) is 4.39 Å². The van der Waals surface area contributed by atoms with Gasteiger partial charge in [-0.15, -0.1) is 16.8 Å². The lowest BCUT2D eigenvalue weighted by Crippen LogP contribution is -2.33. The number of amides is 1. The number of aromatic nitrogens is 3. The summed E-state index contributed by atoms with van der Waals surface area (Å²) in [6, 6.07) is 5.91. The normalized spacial score (nSPS) is 13.3. The molecular formula is C17H21FN4OS. The zero-order valence-corrected chi connectivity index (χ0v) is 14.8. The maximum absolute atomic E-state index is 13.0. The Hall–Kier alpha value is -2.15. The van der Waals surface area contributed by atoms with Crippen LogP contribution in [0.15, 0.2) is 42.1 Å². The number of aryl methyl sites for hydroxylation is 1. The molecule has 128 valence electrons. The molecule has 0 unspecified atom stereocenters. The van der Waals surface area contributed by atoms with Crippen LogP contribution >= 0.6 is 11.8 Å². The first kappa shape index (κ1) is 18.2. The first-order valence-corrected chi connectivity index (χ1v) is 8.53. The molecule has 0 aliphatic rings. The number of hydrogen-bond acceptors (Lipinski definition) is 4. The quantitative estimate of drug-likeness (QED) is 0.616. The first-order valence-electron chi connectivity index (χ1n) is 7.65. The van der Waals surface area contributed by atoms with Gasteiger partial charge in [-0.2, -0.15) is 0 Å². The molecule has 2 aromatic rings. The Morgan fingerprint density at radius 1 is 1.38 bits per heavy atom. The number of benzene rings is 1. The molecule has 2 atom stereocenters. The largest absolute Gasteiger partial charge is 0.349 e. The fraction of sp³-hybridized carbons (Fsp3) is 0.353. The minimum Gasteiger partial charge on any atom is -0.349 e. The number of nitrogens with zero attached hydrogens (tertiary/aromatic N) is 3. The molecule has 1 aromatic carbocycles. The fourth-order valence-electron chi connectivity index (χ4n) is 2.17. The summed E-state index contributed by atoms with van der Waals surface area (Å²) in [5, 5.41) is 11.4. The summed E-state index contributed by atoms with van der Waals surface area (Å²) in [6.07, 6.45) is 1.77. The average Bonchev–Trinajstić information content (AvgIpc) is 2.89. The number of allylic oxidation sites excluding steroid dienone is 1. The minimum absolute atomic E-state index is 0.109. The van der Waals surface area contributed by atoms with E-state index in [0.717, 1.165) is 11.4 Å². The molecular weight excluding hydrogens is 327 g/mol. The van der Waals surface area contributed by atoms with Crippen molar-refractivity contribution in [2.75, 3.05) is 0 Å². The van der Waals surface area contributed by atoms with E-state index < -0.39 is 0 Å². The van der Waals surface area contributed by atoms with Crippen LogP contribution in [0, 0.1) is 12.7 Å². The van der Waals surface area contributed by atoms with Crippen LogP contribution < -0.4 is 5.32 Å². The second-order valence-corrected chi connectivity index (χ2v) is 6.78. The van der Waals surface area contributed by atoms with Crippen molar-refractivity contribution in [3.05, 3.63) is 54.1 Å². The molecule has 0 saturated carbocycles. The minimum atomic E-state index is -0.333. The molecule has 0 aliphatic carbocycles. The molecule has 0 fully saturated rings. The lowest BCUT2D eigenvalue weighted by Gasteiger charge is -2.17. The predicted molar refractivity (Wildman–Crippen MR) is 93.2 cm³/mol. The van der Waals surface area contributed by atoms with Gasteiger partial charge in [0, 0.05) is 6.54 Å². The molecule has 2 rings (SSSR count). The summed E-state index contributed by atoms with van der Waals surface area (Å²) in [7, 11) is 0. The van der Waals surface area contributed by atoms with Crippen molar-refractivity contribution >= 4 is 17.7 Å². The highest BCUT2D eigenvalue weighted by molar-refractivity contribution is 8.00. The fourth-order valence-corrected chi connectivity index (χ4v) is 3.08. The van der Waals surface area contributed by atoms with Gasteiger partial charge in [-0.3, -0.25) is 4.79 Å². The molecule has 0 aliphatic heterocycles. The van der Waals surface area contributed by atoms with Crippen molar-refractivity contribution < 1.29 is 9.18 Å². The zero-order valence-electron chi connectivity index (χ0n) is 14.0. The van der Waals surface area contributed by atoms with Crippen LogP contribution in [-0.2, 0) is 11.3 Å². The van der Waals surface area contributed by atoms with E-state index in [1.807, 2.05) is 25.3 Å². The molecule has 0 saturated heterocycles. The highest BCUT2D eigenvalue weighted by Gasteiger charge is 2.20. The monoisotopic (exact) mass is 348 g/mol. The Kier molecular flexibility index (Phi) is 6.14. The van der Waals surface area contributed by atoms with Crippen LogP contribution in [0.5, 0.6) is 0 Å². The van der Waals surface area contributed by atoms with E-state index in [1.54, 1.807) is 18.2 Å². The highest BCUT2D eigenvalue weighted by atomic mass is 32.2. The average molecular weight is 348 g/mol. The third-order valence-electron chi connectivity index (χ3n) is 3.59. The summed E-state index contributed by atoms with van der Waals surface area (Å²) in [4.78, 5) is 12.4. The second-order valence-electron chi connectivity index (χ2n) is 5.47. The summed E-state index contributed by atoms with van der Waals surface area (Å²) in [5.41, 5.74) is 0.854. The van der Waals surface area contributed by atoms with E-state index >= 15 is 0 Å². The first-order chi connectivity index (χ1) is 11.4. The van der Waals surface area contributed by atoms with Crippen molar-refractivity contribution in [2.45, 2.75) is 43.8 Å². The van der Waals surface area contributed by atoms with Crippen molar-refractivity contribution in [1.82, 2.24) is 20.1 Å². The number of nitrogens with one attached hydrogen (secondary N) is 1. The molecule has 7 heteroatoms. The number of rotatable bonds is 7. The van der Waals surface area contributed by atoms with Crippen LogP contribution in [0.25, 0.3) is 0 Å². The summed E-state index contributed by atoms with van der Waals surface area (Å²) in [6.45, 7) is 9.87. The topological polar surface area (TPSA) is 59.8 Å². The Balaban J connectivity index is 1.99. The molecule has 1 heterocycles. The van der Waals surface area contributed by atoms with Gasteiger partial charge in [0.1, 0.15) is 11.6 Å². The number of hydrogen-bond donors (Lipinski definition) is 1. The van der Waals surface area contributed by atoms with Gasteiger partial charge in [0.25, 0.3) is 0 Å². The van der Waals surface area contributed by atoms with Gasteiger partial charge in [-0.25, -0.2) is 4.39 Å². The molecule has 0 radical (unpaired) electrons. The smallest absolute Gasteiger partial charge is 0.233 e. The second kappa shape index (κ2) is 8.10. The molecule has 1 aromatic heterocycles. The van der Waals surface area contributed by atoms with Crippen molar-refractivity contribution in [1.29, 1.82) is 0 Å². The SMILES string of the molecule is C=CCn1c(C)nnc1S[C@@H](C)C(=O)N[C@H](C)c1ccc(F)cc1. The van der Waals surface area contributed by atoms with E-state index in [2.05, 4.69) is 22.1 Å². The lowest BCUT2D eigenvalue weighted by atomic mass is 10.1. The Morgan fingerprint density at radius 2 is 2.04 bits per heavy atom. The van der Waals surface area contributed by atoms with E-state index in [0.29, 0.717) is 11.7 Å². The molecule has 0 bridgehead atoms. The van der Waals surface area contributed by atoms with E-state index in [1.165, 1.54) is 23.9 Å². The summed E-state index contributed by atoms with van der Waals surface area (Å²) < 4.78 is 14.9. The number of halogens is 1. The van der Waals surface area contributed by atoms with Crippen LogP contribution in [0.1, 0.15) is 31.3 Å². The number of thioether (sulfide) groups is 1. The Bertz CT molecular complexity index is 714. The number of carbonyl (C=O) groups is 1. The van der Waals surface area contributed by atoms with E-state index in [-0.39, 0.29) is 23.0 Å². The molecule has 1 amide bonds. The molecule has 0 spiro atoms. The standard InChI is InChI=1S/C17H21FN4OS/c1-5-10-22-13(4)20-21-17(22)24-12(3)16(23)19-11(2)14-6-8-15(18)9-7-14/h5-9,11-12H,1,10H2,2-4H3,(H,19,23)/t11-,12+/m1/s1. The van der Waals surface area contributed by atoms with Gasteiger partial charge in [-0.1, -0.05) is 30.0 Å². The predicted octanol–water partition coefficient (Wildman–Crippen LogP) is 3.27. The lowest BCUT2D eigenvalue weighted by molar-refractivity contribution is -0.120. The van der Waals surface area contributed by atoms with Gasteiger partial charge in [-0.05, 0) is 38.5 Å². The molecule has 1 N–H and O–H groups in total. The molecule has 24 heavy (non-hydrogen) atoms. The van der Waals surface area contributed by atoms with E-state index in [9.17, 15) is 9.18 Å². The molecule has 5 nitrogen and oxygen atoms in total. The third kappa shape index (κ3) is 4.44. The van der Waals surface area contributed by atoms with Crippen molar-refractivity contribution in [3.8, 4) is 0 Å². The zero-order chi connectivity index (χ0) is 17.7. The maximum atomic E-state index is 13.0.